The number of aromatic nitrogens is 2. The van der Waals surface area contributed by atoms with Crippen LogP contribution in [0.15, 0.2) is 77.6 Å². The van der Waals surface area contributed by atoms with Gasteiger partial charge in [0.25, 0.3) is 5.56 Å². The number of nitrogens with zero attached hydrogens (tertiary/aromatic N) is 2. The monoisotopic (exact) mass is 352 g/mol. The molecule has 3 heteroatoms. The fraction of sp³-hybridized carbons (Fsp3) is 0.167. The third-order valence-electron chi connectivity index (χ3n) is 5.65. The highest BCUT2D eigenvalue weighted by atomic mass is 16.1. The van der Waals surface area contributed by atoms with Gasteiger partial charge < -0.3 is 0 Å². The third-order valence-corrected chi connectivity index (χ3v) is 5.65. The molecule has 0 fully saturated rings. The van der Waals surface area contributed by atoms with Crippen molar-refractivity contribution in [2.75, 3.05) is 0 Å². The molecule has 132 valence electrons. The van der Waals surface area contributed by atoms with E-state index in [0.717, 1.165) is 17.8 Å². The predicted molar refractivity (Wildman–Crippen MR) is 108 cm³/mol. The first-order valence-electron chi connectivity index (χ1n) is 9.34. The minimum absolute atomic E-state index is 0.0555. The van der Waals surface area contributed by atoms with Crippen LogP contribution in [0.5, 0.6) is 0 Å². The van der Waals surface area contributed by atoms with E-state index in [2.05, 4.69) is 49.4 Å². The zero-order valence-corrected chi connectivity index (χ0v) is 15.2. The van der Waals surface area contributed by atoms with Gasteiger partial charge in [-0.25, -0.2) is 4.98 Å². The molecule has 1 atom stereocenters. The topological polar surface area (TPSA) is 34.9 Å². The maximum atomic E-state index is 13.2. The van der Waals surface area contributed by atoms with Crippen LogP contribution in [0.25, 0.3) is 10.9 Å². The first kappa shape index (κ1) is 16.0. The van der Waals surface area contributed by atoms with Gasteiger partial charge in [0, 0.05) is 5.92 Å². The zero-order chi connectivity index (χ0) is 18.4. The number of rotatable bonds is 2. The number of hydrogen-bond acceptors (Lipinski definition) is 2. The van der Waals surface area contributed by atoms with Crippen LogP contribution < -0.4 is 5.56 Å². The van der Waals surface area contributed by atoms with Crippen LogP contribution in [-0.2, 0) is 13.0 Å². The highest BCUT2D eigenvalue weighted by Gasteiger charge is 2.28. The number of fused-ring (bicyclic) bond motifs is 3. The molecule has 3 aromatic carbocycles. The number of para-hydroxylation sites is 1. The number of aryl methyl sites for hydroxylation is 1. The zero-order valence-electron chi connectivity index (χ0n) is 15.2. The van der Waals surface area contributed by atoms with Crippen LogP contribution in [0.3, 0.4) is 0 Å². The van der Waals surface area contributed by atoms with E-state index in [0.29, 0.717) is 11.9 Å². The quantitative estimate of drug-likeness (QED) is 0.534. The molecule has 0 radical (unpaired) electrons. The van der Waals surface area contributed by atoms with Crippen LogP contribution in [0.1, 0.15) is 34.0 Å². The van der Waals surface area contributed by atoms with Crippen molar-refractivity contribution < 1.29 is 0 Å². The molecule has 1 aliphatic rings. The molecule has 1 aromatic heterocycles. The molecule has 27 heavy (non-hydrogen) atoms. The molecule has 4 aromatic rings. The smallest absolute Gasteiger partial charge is 0.261 e. The molecular weight excluding hydrogens is 332 g/mol. The Labute approximate surface area is 157 Å². The Balaban J connectivity index is 1.75. The Kier molecular flexibility index (Phi) is 3.68. The Hall–Kier alpha value is -3.20. The van der Waals surface area contributed by atoms with Crippen molar-refractivity contribution in [2.24, 2.45) is 0 Å². The fourth-order valence-corrected chi connectivity index (χ4v) is 4.19. The molecule has 1 aliphatic heterocycles. The molecule has 1 unspecified atom stereocenters. The van der Waals surface area contributed by atoms with Crippen molar-refractivity contribution in [2.45, 2.75) is 25.8 Å². The van der Waals surface area contributed by atoms with E-state index in [-0.39, 0.29) is 11.5 Å². The van der Waals surface area contributed by atoms with E-state index in [1.807, 2.05) is 34.9 Å². The summed E-state index contributed by atoms with van der Waals surface area (Å²) in [6.07, 6.45) is 0.842. The lowest BCUT2D eigenvalue weighted by Gasteiger charge is -2.29. The van der Waals surface area contributed by atoms with Crippen LogP contribution >= 0.6 is 0 Å². The maximum absolute atomic E-state index is 13.2. The fourth-order valence-electron chi connectivity index (χ4n) is 4.19. The van der Waals surface area contributed by atoms with Crippen molar-refractivity contribution in [1.29, 1.82) is 0 Å². The lowest BCUT2D eigenvalue weighted by atomic mass is 9.84. The van der Waals surface area contributed by atoms with Crippen molar-refractivity contribution >= 4 is 10.9 Å². The van der Waals surface area contributed by atoms with E-state index in [1.54, 1.807) is 0 Å². The maximum Gasteiger partial charge on any atom is 0.261 e. The first-order chi connectivity index (χ1) is 13.2. The average Bonchev–Trinajstić information content (AvgIpc) is 2.70. The minimum atomic E-state index is 0.0555. The second-order valence-electron chi connectivity index (χ2n) is 7.26. The summed E-state index contributed by atoms with van der Waals surface area (Å²) in [5, 5.41) is 0.690. The van der Waals surface area contributed by atoms with Crippen LogP contribution in [0.4, 0.5) is 0 Å². The summed E-state index contributed by atoms with van der Waals surface area (Å²) in [4.78, 5) is 18.1. The van der Waals surface area contributed by atoms with E-state index < -0.39 is 0 Å². The Morgan fingerprint density at radius 1 is 0.963 bits per heavy atom. The lowest BCUT2D eigenvalue weighted by Crippen LogP contribution is -2.32. The lowest BCUT2D eigenvalue weighted by molar-refractivity contribution is 0.582. The Bertz CT molecular complexity index is 1220. The van der Waals surface area contributed by atoms with E-state index in [1.165, 1.54) is 22.3 Å². The van der Waals surface area contributed by atoms with Crippen molar-refractivity contribution in [3.8, 4) is 0 Å². The van der Waals surface area contributed by atoms with Crippen molar-refractivity contribution in [3.05, 3.63) is 111 Å². The first-order valence-corrected chi connectivity index (χ1v) is 9.34. The van der Waals surface area contributed by atoms with Crippen molar-refractivity contribution in [1.82, 2.24) is 9.55 Å². The molecule has 5 rings (SSSR count). The van der Waals surface area contributed by atoms with Gasteiger partial charge in [0.05, 0.1) is 17.4 Å². The van der Waals surface area contributed by atoms with E-state index >= 15 is 0 Å². The largest absolute Gasteiger partial charge is 0.291 e. The van der Waals surface area contributed by atoms with Gasteiger partial charge in [-0.2, -0.15) is 0 Å². The molecule has 0 N–H and O–H groups in total. The Morgan fingerprint density at radius 3 is 2.59 bits per heavy atom. The molecular formula is C24H20N2O. The molecule has 0 saturated carbocycles. The van der Waals surface area contributed by atoms with Gasteiger partial charge in [0.15, 0.2) is 0 Å². The summed E-state index contributed by atoms with van der Waals surface area (Å²) in [7, 11) is 0. The summed E-state index contributed by atoms with van der Waals surface area (Å²) in [5.41, 5.74) is 5.90. The molecule has 2 heterocycles. The van der Waals surface area contributed by atoms with Crippen LogP contribution in [-0.4, -0.2) is 9.55 Å². The van der Waals surface area contributed by atoms with Gasteiger partial charge in [-0.05, 0) is 47.7 Å². The second kappa shape index (κ2) is 6.20. The standard InChI is InChI=1S/C24H20N2O/c1-16-8-2-3-9-17(16)14-21-19-11-5-4-10-18(19)15-26-23(21)25-22-13-7-6-12-20(22)24(26)27/h2-13,21H,14-15H2,1H3. The number of hydrogen-bond donors (Lipinski definition) is 0. The van der Waals surface area contributed by atoms with Gasteiger partial charge >= 0.3 is 0 Å². The average molecular weight is 352 g/mol. The highest BCUT2D eigenvalue weighted by Crippen LogP contribution is 2.34. The summed E-state index contributed by atoms with van der Waals surface area (Å²) in [5.74, 6) is 0.953. The molecule has 0 saturated heterocycles. The van der Waals surface area contributed by atoms with Gasteiger partial charge in [0.1, 0.15) is 5.82 Å². The molecule has 0 bridgehead atoms. The van der Waals surface area contributed by atoms with Gasteiger partial charge in [-0.1, -0.05) is 60.7 Å². The normalized spacial score (nSPS) is 15.4. The summed E-state index contributed by atoms with van der Waals surface area (Å²) in [6, 6.07) is 24.6. The second-order valence-corrected chi connectivity index (χ2v) is 7.26. The molecule has 3 nitrogen and oxygen atoms in total. The molecule has 0 spiro atoms. The van der Waals surface area contributed by atoms with E-state index in [9.17, 15) is 4.79 Å². The van der Waals surface area contributed by atoms with Crippen LogP contribution in [0.2, 0.25) is 0 Å². The third kappa shape index (κ3) is 2.58. The highest BCUT2D eigenvalue weighted by molar-refractivity contribution is 5.77. The summed E-state index contributed by atoms with van der Waals surface area (Å²) in [6.45, 7) is 2.73. The van der Waals surface area contributed by atoms with Gasteiger partial charge in [-0.3, -0.25) is 9.36 Å². The predicted octanol–water partition coefficient (Wildman–Crippen LogP) is 4.44. The SMILES string of the molecule is Cc1ccccc1CC1c2ccccc2Cn2c1nc1ccccc1c2=O. The summed E-state index contributed by atoms with van der Waals surface area (Å²) >= 11 is 0. The Morgan fingerprint density at radius 2 is 1.70 bits per heavy atom. The van der Waals surface area contributed by atoms with Crippen LogP contribution in [0, 0.1) is 6.92 Å². The van der Waals surface area contributed by atoms with Crippen molar-refractivity contribution in [3.63, 3.8) is 0 Å². The van der Waals surface area contributed by atoms with Gasteiger partial charge in [0.2, 0.25) is 0 Å². The molecule has 0 aliphatic carbocycles. The van der Waals surface area contributed by atoms with Gasteiger partial charge in [-0.15, -0.1) is 0 Å². The minimum Gasteiger partial charge on any atom is -0.291 e. The molecule has 0 amide bonds. The number of benzene rings is 3. The van der Waals surface area contributed by atoms with E-state index in [4.69, 9.17) is 4.98 Å². The summed E-state index contributed by atoms with van der Waals surface area (Å²) < 4.78 is 1.87.